The number of rotatable bonds is 9. The lowest BCUT2D eigenvalue weighted by Crippen LogP contribution is -2.38. The number of halogens is 2. The molecule has 1 aliphatic rings. The van der Waals surface area contributed by atoms with Gasteiger partial charge in [-0.05, 0) is 50.3 Å². The number of benzene rings is 1. The topological polar surface area (TPSA) is 45.7 Å². The second-order valence-corrected chi connectivity index (χ2v) is 5.73. The Bertz CT molecular complexity index is 519. The molecule has 0 spiro atoms. The number of guanidine groups is 1. The Kier molecular flexibility index (Phi) is 7.26. The van der Waals surface area contributed by atoms with Crippen molar-refractivity contribution in [1.29, 1.82) is 0 Å². The molecule has 0 amide bonds. The van der Waals surface area contributed by atoms with Crippen LogP contribution in [0.2, 0.25) is 0 Å². The lowest BCUT2D eigenvalue weighted by Gasteiger charge is -2.11. The summed E-state index contributed by atoms with van der Waals surface area (Å²) in [6, 6.07) is 3.40. The number of nitrogens with zero attached hydrogens (tertiary/aromatic N) is 1. The maximum Gasteiger partial charge on any atom is 0.191 e. The molecule has 0 aliphatic heterocycles. The van der Waals surface area contributed by atoms with Gasteiger partial charge < -0.3 is 15.4 Å². The van der Waals surface area contributed by atoms with E-state index in [0.29, 0.717) is 12.5 Å². The molecule has 1 fully saturated rings. The van der Waals surface area contributed by atoms with Gasteiger partial charge in [-0.2, -0.15) is 0 Å². The first kappa shape index (κ1) is 17.7. The molecule has 0 bridgehead atoms. The van der Waals surface area contributed by atoms with Crippen LogP contribution in [0.25, 0.3) is 0 Å². The summed E-state index contributed by atoms with van der Waals surface area (Å²) in [4.78, 5) is 4.29. The van der Waals surface area contributed by atoms with E-state index in [4.69, 9.17) is 4.74 Å². The molecule has 0 radical (unpaired) electrons. The van der Waals surface area contributed by atoms with Gasteiger partial charge in [-0.15, -0.1) is 0 Å². The van der Waals surface area contributed by atoms with E-state index in [-0.39, 0.29) is 12.1 Å². The Labute approximate surface area is 136 Å². The van der Waals surface area contributed by atoms with Crippen molar-refractivity contribution in [2.45, 2.75) is 32.7 Å². The lowest BCUT2D eigenvalue weighted by atomic mass is 10.2. The van der Waals surface area contributed by atoms with Gasteiger partial charge in [0.2, 0.25) is 0 Å². The van der Waals surface area contributed by atoms with E-state index in [1.807, 2.05) is 6.92 Å². The number of ether oxygens (including phenoxy) is 1. The van der Waals surface area contributed by atoms with Crippen molar-refractivity contribution >= 4 is 5.96 Å². The summed E-state index contributed by atoms with van der Waals surface area (Å²) >= 11 is 0. The molecule has 0 heterocycles. The molecular formula is C17H25F2N3O. The first-order valence-electron chi connectivity index (χ1n) is 8.23. The Hall–Kier alpha value is -1.69. The van der Waals surface area contributed by atoms with Crippen LogP contribution < -0.4 is 10.6 Å². The van der Waals surface area contributed by atoms with E-state index in [2.05, 4.69) is 15.6 Å². The molecule has 0 unspecified atom stereocenters. The SMILES string of the molecule is CCNC(=NCc1cc(F)ccc1F)NCCCOCC1CC1. The summed E-state index contributed by atoms with van der Waals surface area (Å²) in [5.74, 6) is 0.475. The lowest BCUT2D eigenvalue weighted by molar-refractivity contribution is 0.123. The maximum atomic E-state index is 13.6. The molecule has 1 aromatic carbocycles. The monoisotopic (exact) mass is 325 g/mol. The fourth-order valence-corrected chi connectivity index (χ4v) is 2.09. The molecule has 1 aromatic rings. The van der Waals surface area contributed by atoms with Gasteiger partial charge >= 0.3 is 0 Å². The molecular weight excluding hydrogens is 300 g/mol. The first-order chi connectivity index (χ1) is 11.2. The predicted octanol–water partition coefficient (Wildman–Crippen LogP) is 2.84. The van der Waals surface area contributed by atoms with Gasteiger partial charge in [-0.1, -0.05) is 0 Å². The molecule has 1 saturated carbocycles. The average molecular weight is 325 g/mol. The molecule has 1 aliphatic carbocycles. The highest BCUT2D eigenvalue weighted by atomic mass is 19.1. The van der Waals surface area contributed by atoms with Crippen molar-refractivity contribution in [3.63, 3.8) is 0 Å². The summed E-state index contributed by atoms with van der Waals surface area (Å²) < 4.78 is 32.3. The number of hydrogen-bond donors (Lipinski definition) is 2. The minimum atomic E-state index is -0.456. The largest absolute Gasteiger partial charge is 0.381 e. The molecule has 128 valence electrons. The van der Waals surface area contributed by atoms with Crippen molar-refractivity contribution < 1.29 is 13.5 Å². The zero-order valence-corrected chi connectivity index (χ0v) is 13.6. The zero-order valence-electron chi connectivity index (χ0n) is 13.6. The Balaban J connectivity index is 1.73. The molecule has 0 aromatic heterocycles. The van der Waals surface area contributed by atoms with E-state index in [1.165, 1.54) is 18.9 Å². The minimum Gasteiger partial charge on any atom is -0.381 e. The van der Waals surface area contributed by atoms with Gasteiger partial charge in [-0.25, -0.2) is 13.8 Å². The molecule has 0 saturated heterocycles. The van der Waals surface area contributed by atoms with Gasteiger partial charge in [0.1, 0.15) is 11.6 Å². The highest BCUT2D eigenvalue weighted by molar-refractivity contribution is 5.79. The second kappa shape index (κ2) is 9.45. The van der Waals surface area contributed by atoms with E-state index < -0.39 is 11.6 Å². The van der Waals surface area contributed by atoms with Gasteiger partial charge in [-0.3, -0.25) is 0 Å². The number of aliphatic imine (C=N–C) groups is 1. The van der Waals surface area contributed by atoms with Crippen LogP contribution in [0, 0.1) is 17.6 Å². The van der Waals surface area contributed by atoms with Crippen LogP contribution in [0.1, 0.15) is 31.7 Å². The van der Waals surface area contributed by atoms with Gasteiger partial charge in [0.25, 0.3) is 0 Å². The van der Waals surface area contributed by atoms with Gasteiger partial charge in [0, 0.05) is 31.9 Å². The van der Waals surface area contributed by atoms with Crippen LogP contribution >= 0.6 is 0 Å². The van der Waals surface area contributed by atoms with Crippen molar-refractivity contribution in [1.82, 2.24) is 10.6 Å². The van der Waals surface area contributed by atoms with Crippen LogP contribution in [-0.4, -0.2) is 32.3 Å². The minimum absolute atomic E-state index is 0.0944. The Morgan fingerprint density at radius 3 is 2.87 bits per heavy atom. The summed E-state index contributed by atoms with van der Waals surface area (Å²) in [7, 11) is 0. The van der Waals surface area contributed by atoms with Crippen LogP contribution in [0.3, 0.4) is 0 Å². The molecule has 2 N–H and O–H groups in total. The first-order valence-corrected chi connectivity index (χ1v) is 8.23. The summed E-state index contributed by atoms with van der Waals surface area (Å²) in [6.07, 6.45) is 3.48. The Morgan fingerprint density at radius 1 is 1.30 bits per heavy atom. The van der Waals surface area contributed by atoms with E-state index >= 15 is 0 Å². The van der Waals surface area contributed by atoms with Crippen molar-refractivity contribution in [2.24, 2.45) is 10.9 Å². The predicted molar refractivity (Wildman–Crippen MR) is 87.3 cm³/mol. The van der Waals surface area contributed by atoms with E-state index in [9.17, 15) is 8.78 Å². The fraction of sp³-hybridized carbons (Fsp3) is 0.588. The van der Waals surface area contributed by atoms with Crippen LogP contribution in [0.4, 0.5) is 8.78 Å². The van der Waals surface area contributed by atoms with Crippen LogP contribution in [0.5, 0.6) is 0 Å². The molecule has 2 rings (SSSR count). The van der Waals surface area contributed by atoms with Gasteiger partial charge in [0.15, 0.2) is 5.96 Å². The Morgan fingerprint density at radius 2 is 2.13 bits per heavy atom. The summed E-state index contributed by atoms with van der Waals surface area (Å²) in [5, 5.41) is 6.26. The normalized spacial score (nSPS) is 14.8. The number of nitrogens with one attached hydrogen (secondary N) is 2. The summed E-state index contributed by atoms with van der Waals surface area (Å²) in [5.41, 5.74) is 0.245. The van der Waals surface area contributed by atoms with Crippen molar-refractivity contribution in [3.05, 3.63) is 35.4 Å². The third kappa shape index (κ3) is 6.95. The third-order valence-corrected chi connectivity index (χ3v) is 3.57. The quantitative estimate of drug-likeness (QED) is 0.417. The highest BCUT2D eigenvalue weighted by Crippen LogP contribution is 2.28. The molecule has 4 nitrogen and oxygen atoms in total. The molecule has 6 heteroatoms. The van der Waals surface area contributed by atoms with E-state index in [1.54, 1.807) is 0 Å². The van der Waals surface area contributed by atoms with Crippen molar-refractivity contribution in [3.8, 4) is 0 Å². The van der Waals surface area contributed by atoms with Gasteiger partial charge in [0.05, 0.1) is 6.54 Å². The van der Waals surface area contributed by atoms with Crippen LogP contribution in [0.15, 0.2) is 23.2 Å². The maximum absolute atomic E-state index is 13.6. The van der Waals surface area contributed by atoms with Crippen LogP contribution in [-0.2, 0) is 11.3 Å². The van der Waals surface area contributed by atoms with Crippen molar-refractivity contribution in [2.75, 3.05) is 26.3 Å². The highest BCUT2D eigenvalue weighted by Gasteiger charge is 2.20. The zero-order chi connectivity index (χ0) is 16.5. The standard InChI is InChI=1S/C17H25F2N3O/c1-2-20-17(21-8-3-9-23-12-13-4-5-13)22-11-14-10-15(18)6-7-16(14)19/h6-7,10,13H,2-5,8-9,11-12H2,1H3,(H2,20,21,22). The second-order valence-electron chi connectivity index (χ2n) is 5.73. The fourth-order valence-electron chi connectivity index (χ4n) is 2.09. The van der Waals surface area contributed by atoms with E-state index in [0.717, 1.165) is 44.2 Å². The number of hydrogen-bond acceptors (Lipinski definition) is 2. The third-order valence-electron chi connectivity index (χ3n) is 3.57. The smallest absolute Gasteiger partial charge is 0.191 e. The molecule has 0 atom stereocenters. The summed E-state index contributed by atoms with van der Waals surface area (Å²) in [6.45, 7) is 5.07. The average Bonchev–Trinajstić information content (AvgIpc) is 3.35. The molecule has 23 heavy (non-hydrogen) atoms.